The largest absolute Gasteiger partial charge is 0.504 e. The van der Waals surface area contributed by atoms with Crippen molar-refractivity contribution < 1.29 is 14.6 Å². The Balaban J connectivity index is 1.47. The molecule has 4 bridgehead atoms. The first kappa shape index (κ1) is 20.8. The Bertz CT molecular complexity index is 1050. The molecule has 2 heterocycles. The van der Waals surface area contributed by atoms with Crippen LogP contribution in [0.5, 0.6) is 11.5 Å². The second kappa shape index (κ2) is 6.18. The molecule has 2 aliphatic heterocycles. The Morgan fingerprint density at radius 1 is 1.24 bits per heavy atom. The molecule has 4 saturated carbocycles. The van der Waals surface area contributed by atoms with Crippen molar-refractivity contribution in [3.63, 3.8) is 0 Å². The maximum atomic E-state index is 10.9. The van der Waals surface area contributed by atoms with Crippen LogP contribution >= 0.6 is 0 Å². The van der Waals surface area contributed by atoms with E-state index in [9.17, 15) is 5.11 Å². The van der Waals surface area contributed by atoms with E-state index >= 15 is 0 Å². The number of likely N-dealkylation sites (tertiary alicyclic amines) is 1. The molecule has 5 fully saturated rings. The molecule has 4 nitrogen and oxygen atoms in total. The minimum Gasteiger partial charge on any atom is -0.504 e. The van der Waals surface area contributed by atoms with Crippen LogP contribution < -0.4 is 4.74 Å². The van der Waals surface area contributed by atoms with Crippen molar-refractivity contribution in [1.82, 2.24) is 4.90 Å². The number of phenols is 1. The normalized spacial score (nSPS) is 42.7. The lowest BCUT2D eigenvalue weighted by Crippen LogP contribution is -2.81. The fourth-order valence-electron chi connectivity index (χ4n) is 9.32. The molecule has 6 atom stereocenters. The SMILES string of the molecule is C=C([C@H]1C[C@@]23CC[C@@]1(OC)[C@@H]1Oc4c(O)ccc5c4[C@@]12CCN(CC1CC1)[C@@H]3C5)C(C)(C)C. The van der Waals surface area contributed by atoms with Crippen molar-refractivity contribution in [2.45, 2.75) is 88.9 Å². The third-order valence-corrected chi connectivity index (χ3v) is 11.0. The number of fused-ring (bicyclic) bond motifs is 2. The topological polar surface area (TPSA) is 41.9 Å². The van der Waals surface area contributed by atoms with Crippen LogP contribution in [-0.4, -0.2) is 48.0 Å². The van der Waals surface area contributed by atoms with Gasteiger partial charge in [-0.15, -0.1) is 0 Å². The average molecular weight is 450 g/mol. The first-order valence-corrected chi connectivity index (χ1v) is 13.2. The van der Waals surface area contributed by atoms with Crippen molar-refractivity contribution in [3.8, 4) is 11.5 Å². The lowest BCUT2D eigenvalue weighted by Gasteiger charge is -2.74. The van der Waals surface area contributed by atoms with Gasteiger partial charge in [0, 0.05) is 42.0 Å². The number of aromatic hydroxyl groups is 1. The van der Waals surface area contributed by atoms with Crippen molar-refractivity contribution in [2.75, 3.05) is 20.2 Å². The Morgan fingerprint density at radius 3 is 2.73 bits per heavy atom. The molecule has 2 spiro atoms. The second-order valence-corrected chi connectivity index (χ2v) is 13.2. The van der Waals surface area contributed by atoms with Gasteiger partial charge in [0.15, 0.2) is 11.5 Å². The summed E-state index contributed by atoms with van der Waals surface area (Å²) in [5.74, 6) is 2.24. The van der Waals surface area contributed by atoms with Gasteiger partial charge in [0.25, 0.3) is 0 Å². The molecule has 0 amide bonds. The number of benzene rings is 1. The highest BCUT2D eigenvalue weighted by molar-refractivity contribution is 5.63. The summed E-state index contributed by atoms with van der Waals surface area (Å²) >= 11 is 0. The Morgan fingerprint density at radius 2 is 2.03 bits per heavy atom. The fourth-order valence-corrected chi connectivity index (χ4v) is 9.32. The highest BCUT2D eigenvalue weighted by atomic mass is 16.6. The molecule has 7 aliphatic rings. The number of methoxy groups -OCH3 is 1. The fraction of sp³-hybridized carbons (Fsp3) is 0.724. The van der Waals surface area contributed by atoms with Gasteiger partial charge in [-0.05, 0) is 74.5 Å². The predicted molar refractivity (Wildman–Crippen MR) is 129 cm³/mol. The molecule has 33 heavy (non-hydrogen) atoms. The maximum absolute atomic E-state index is 10.9. The van der Waals surface area contributed by atoms with Crippen molar-refractivity contribution in [1.29, 1.82) is 0 Å². The van der Waals surface area contributed by atoms with Gasteiger partial charge in [-0.25, -0.2) is 0 Å². The van der Waals surface area contributed by atoms with Gasteiger partial charge in [0.2, 0.25) is 0 Å². The summed E-state index contributed by atoms with van der Waals surface area (Å²) in [6, 6.07) is 4.61. The molecule has 0 radical (unpaired) electrons. The third kappa shape index (κ3) is 2.26. The van der Waals surface area contributed by atoms with Crippen LogP contribution in [-0.2, 0) is 16.6 Å². The summed E-state index contributed by atoms with van der Waals surface area (Å²) in [6.07, 6.45) is 8.30. The number of hydrogen-bond acceptors (Lipinski definition) is 4. The zero-order valence-corrected chi connectivity index (χ0v) is 20.7. The zero-order chi connectivity index (χ0) is 23.0. The average Bonchev–Trinajstić information content (AvgIpc) is 3.52. The quantitative estimate of drug-likeness (QED) is 0.640. The van der Waals surface area contributed by atoms with Crippen LogP contribution in [0, 0.1) is 22.7 Å². The standard InChI is InChI=1S/C29H39NO3/c1-17(26(2,3)4)20-15-27-10-11-29(20,32-5)25-28(27)12-13-30(16-18-6-7-18)22(27)14-19-8-9-21(31)24(33-25)23(19)28/h8-9,18,20,22,25,31H,1,6-7,10-16H2,2-5H3/t20-,22-,25-,27-,28+,29+/m1/s1. The Labute approximate surface area is 198 Å². The molecule has 4 heteroatoms. The Hall–Kier alpha value is -1.52. The molecule has 1 aromatic rings. The Kier molecular flexibility index (Phi) is 3.90. The van der Waals surface area contributed by atoms with E-state index in [1.54, 1.807) is 0 Å². The number of rotatable bonds is 4. The number of piperidine rings is 1. The molecule has 0 unspecified atom stereocenters. The predicted octanol–water partition coefficient (Wildman–Crippen LogP) is 5.22. The summed E-state index contributed by atoms with van der Waals surface area (Å²) in [5.41, 5.74) is 3.81. The van der Waals surface area contributed by atoms with Crippen molar-refractivity contribution in [3.05, 3.63) is 35.4 Å². The molecule has 0 aromatic heterocycles. The van der Waals surface area contributed by atoms with E-state index in [4.69, 9.17) is 16.1 Å². The number of nitrogens with zero attached hydrogens (tertiary/aromatic N) is 1. The van der Waals surface area contributed by atoms with Crippen LogP contribution in [0.3, 0.4) is 0 Å². The lowest BCUT2D eigenvalue weighted by molar-refractivity contribution is -0.272. The highest BCUT2D eigenvalue weighted by Gasteiger charge is 2.81. The monoisotopic (exact) mass is 449 g/mol. The zero-order valence-electron chi connectivity index (χ0n) is 20.7. The first-order chi connectivity index (χ1) is 15.7. The molecule has 5 aliphatic carbocycles. The smallest absolute Gasteiger partial charge is 0.165 e. The van der Waals surface area contributed by atoms with E-state index in [0.717, 1.165) is 43.9 Å². The molecular formula is C29H39NO3. The van der Waals surface area contributed by atoms with Gasteiger partial charge in [0.1, 0.15) is 11.7 Å². The van der Waals surface area contributed by atoms with Gasteiger partial charge in [0.05, 0.1) is 0 Å². The molecule has 1 aromatic carbocycles. The first-order valence-electron chi connectivity index (χ1n) is 13.2. The maximum Gasteiger partial charge on any atom is 0.165 e. The van der Waals surface area contributed by atoms with E-state index in [0.29, 0.717) is 11.8 Å². The molecular weight excluding hydrogens is 410 g/mol. The van der Waals surface area contributed by atoms with Crippen LogP contribution in [0.25, 0.3) is 0 Å². The van der Waals surface area contributed by atoms with Crippen LogP contribution in [0.15, 0.2) is 24.3 Å². The summed E-state index contributed by atoms with van der Waals surface area (Å²) in [7, 11) is 1.90. The van der Waals surface area contributed by atoms with Gasteiger partial charge < -0.3 is 14.6 Å². The molecule has 1 N–H and O–H groups in total. The van der Waals surface area contributed by atoms with Gasteiger partial charge >= 0.3 is 0 Å². The number of ether oxygens (including phenoxy) is 2. The van der Waals surface area contributed by atoms with Crippen LogP contribution in [0.2, 0.25) is 0 Å². The second-order valence-electron chi connectivity index (χ2n) is 13.2. The van der Waals surface area contributed by atoms with Crippen LogP contribution in [0.4, 0.5) is 0 Å². The van der Waals surface area contributed by atoms with Crippen molar-refractivity contribution in [2.24, 2.45) is 22.7 Å². The number of hydrogen-bond donors (Lipinski definition) is 1. The van der Waals surface area contributed by atoms with Gasteiger partial charge in [-0.2, -0.15) is 0 Å². The van der Waals surface area contributed by atoms with E-state index in [2.05, 4.69) is 31.7 Å². The summed E-state index contributed by atoms with van der Waals surface area (Å²) < 4.78 is 13.5. The van der Waals surface area contributed by atoms with E-state index in [1.165, 1.54) is 42.5 Å². The van der Waals surface area contributed by atoms with Gasteiger partial charge in [-0.1, -0.05) is 39.0 Å². The van der Waals surface area contributed by atoms with E-state index in [1.807, 2.05) is 13.2 Å². The van der Waals surface area contributed by atoms with E-state index in [-0.39, 0.29) is 33.9 Å². The lowest BCUT2D eigenvalue weighted by atomic mass is 9.34. The van der Waals surface area contributed by atoms with Crippen LogP contribution in [0.1, 0.15) is 70.4 Å². The minimum atomic E-state index is -0.380. The van der Waals surface area contributed by atoms with Gasteiger partial charge in [-0.3, -0.25) is 4.90 Å². The third-order valence-electron chi connectivity index (χ3n) is 11.0. The van der Waals surface area contributed by atoms with Crippen molar-refractivity contribution >= 4 is 0 Å². The number of phenolic OH excluding ortho intramolecular Hbond substituents is 1. The summed E-state index contributed by atoms with van der Waals surface area (Å²) in [6.45, 7) is 14.0. The molecule has 1 saturated heterocycles. The summed E-state index contributed by atoms with van der Waals surface area (Å²) in [4.78, 5) is 2.87. The molecule has 8 rings (SSSR count). The van der Waals surface area contributed by atoms with E-state index < -0.39 is 0 Å². The summed E-state index contributed by atoms with van der Waals surface area (Å²) in [5, 5.41) is 10.9. The minimum absolute atomic E-state index is 0.0215. The molecule has 178 valence electrons. The highest BCUT2D eigenvalue weighted by Crippen LogP contribution is 2.77.